The fourth-order valence-corrected chi connectivity index (χ4v) is 0.680. The third-order valence-electron chi connectivity index (χ3n) is 0.587. The van der Waals surface area contributed by atoms with E-state index in [2.05, 4.69) is 15.3 Å². The molecular formula is C4H4N2S. The highest BCUT2D eigenvalue weighted by molar-refractivity contribution is 6.99. The Morgan fingerprint density at radius 3 is 3.00 bits per heavy atom. The maximum atomic E-state index is 3.85. The summed E-state index contributed by atoms with van der Waals surface area (Å²) in [4.78, 5) is 0. The van der Waals surface area contributed by atoms with Crippen LogP contribution in [0.5, 0.6) is 0 Å². The fraction of sp³-hybridized carbons (Fsp3) is 0. The SMILES string of the molecule is C=Cc1cnsn1. The van der Waals surface area contributed by atoms with E-state index in [0.717, 1.165) is 5.69 Å². The average molecular weight is 112 g/mol. The van der Waals surface area contributed by atoms with Gasteiger partial charge in [0.25, 0.3) is 0 Å². The van der Waals surface area contributed by atoms with Crippen LogP contribution in [-0.4, -0.2) is 8.75 Å². The Labute approximate surface area is 45.8 Å². The molecule has 3 heteroatoms. The lowest BCUT2D eigenvalue weighted by atomic mass is 10.5. The molecule has 0 saturated carbocycles. The molecule has 0 aliphatic carbocycles. The van der Waals surface area contributed by atoms with E-state index in [9.17, 15) is 0 Å². The van der Waals surface area contributed by atoms with Gasteiger partial charge in [-0.15, -0.1) is 0 Å². The fourth-order valence-electron chi connectivity index (χ4n) is 0.262. The zero-order valence-electron chi connectivity index (χ0n) is 3.66. The van der Waals surface area contributed by atoms with Gasteiger partial charge < -0.3 is 0 Å². The molecule has 1 rings (SSSR count). The highest BCUT2D eigenvalue weighted by Crippen LogP contribution is 1.93. The molecule has 0 aliphatic heterocycles. The summed E-state index contributed by atoms with van der Waals surface area (Å²) in [6.07, 6.45) is 3.35. The maximum Gasteiger partial charge on any atom is 0.0963 e. The van der Waals surface area contributed by atoms with Gasteiger partial charge in [-0.1, -0.05) is 6.58 Å². The molecule has 1 heterocycles. The largest absolute Gasteiger partial charge is 0.181 e. The van der Waals surface area contributed by atoms with Crippen LogP contribution in [0.1, 0.15) is 5.69 Å². The first kappa shape index (κ1) is 4.46. The lowest BCUT2D eigenvalue weighted by molar-refractivity contribution is 1.48. The van der Waals surface area contributed by atoms with Gasteiger partial charge in [0.05, 0.1) is 23.6 Å². The van der Waals surface area contributed by atoms with Crippen LogP contribution in [0.2, 0.25) is 0 Å². The summed E-state index contributed by atoms with van der Waals surface area (Å²) in [6, 6.07) is 0. The maximum absolute atomic E-state index is 3.85. The van der Waals surface area contributed by atoms with Crippen LogP contribution in [0.3, 0.4) is 0 Å². The normalized spacial score (nSPS) is 8.57. The van der Waals surface area contributed by atoms with Crippen molar-refractivity contribution >= 4 is 17.8 Å². The summed E-state index contributed by atoms with van der Waals surface area (Å²) in [5.74, 6) is 0. The first-order valence-electron chi connectivity index (χ1n) is 1.83. The Kier molecular flexibility index (Phi) is 1.17. The van der Waals surface area contributed by atoms with Crippen molar-refractivity contribution in [2.75, 3.05) is 0 Å². The van der Waals surface area contributed by atoms with Crippen LogP contribution >= 0.6 is 11.7 Å². The van der Waals surface area contributed by atoms with Gasteiger partial charge in [-0.3, -0.25) is 0 Å². The summed E-state index contributed by atoms with van der Waals surface area (Å²) in [5.41, 5.74) is 0.852. The predicted molar refractivity (Wildman–Crippen MR) is 30.0 cm³/mol. The van der Waals surface area contributed by atoms with Crippen molar-refractivity contribution in [1.82, 2.24) is 8.75 Å². The van der Waals surface area contributed by atoms with Crippen LogP contribution in [-0.2, 0) is 0 Å². The van der Waals surface area contributed by atoms with Crippen molar-refractivity contribution in [1.29, 1.82) is 0 Å². The van der Waals surface area contributed by atoms with Gasteiger partial charge in [-0.25, -0.2) is 0 Å². The molecule has 0 radical (unpaired) electrons. The second-order valence-electron chi connectivity index (χ2n) is 1.04. The van der Waals surface area contributed by atoms with Gasteiger partial charge in [0.15, 0.2) is 0 Å². The molecule has 2 nitrogen and oxygen atoms in total. The van der Waals surface area contributed by atoms with E-state index >= 15 is 0 Å². The van der Waals surface area contributed by atoms with Crippen molar-refractivity contribution in [2.24, 2.45) is 0 Å². The van der Waals surface area contributed by atoms with Gasteiger partial charge in [-0.05, 0) is 6.08 Å². The molecule has 0 unspecified atom stereocenters. The van der Waals surface area contributed by atoms with Crippen LogP contribution in [0, 0.1) is 0 Å². The smallest absolute Gasteiger partial charge is 0.0963 e. The zero-order chi connectivity index (χ0) is 5.11. The Balaban J connectivity index is 2.96. The molecule has 7 heavy (non-hydrogen) atoms. The number of aromatic nitrogens is 2. The molecule has 1 aromatic heterocycles. The predicted octanol–water partition coefficient (Wildman–Crippen LogP) is 1.18. The van der Waals surface area contributed by atoms with Gasteiger partial charge in [0.2, 0.25) is 0 Å². The van der Waals surface area contributed by atoms with Gasteiger partial charge in [0, 0.05) is 0 Å². The highest BCUT2D eigenvalue weighted by atomic mass is 32.1. The zero-order valence-corrected chi connectivity index (χ0v) is 4.48. The summed E-state index contributed by atoms with van der Waals surface area (Å²) in [7, 11) is 0. The van der Waals surface area contributed by atoms with Crippen LogP contribution in [0.4, 0.5) is 0 Å². The Morgan fingerprint density at radius 2 is 2.71 bits per heavy atom. The molecule has 0 saturated heterocycles. The van der Waals surface area contributed by atoms with E-state index in [4.69, 9.17) is 0 Å². The number of rotatable bonds is 1. The van der Waals surface area contributed by atoms with E-state index in [0.29, 0.717) is 0 Å². The van der Waals surface area contributed by atoms with Crippen LogP contribution in [0.15, 0.2) is 12.8 Å². The molecule has 0 N–H and O–H groups in total. The third-order valence-corrected chi connectivity index (χ3v) is 1.08. The Hall–Kier alpha value is -0.700. The standard InChI is InChI=1S/C4H4N2S/c1-2-4-3-5-7-6-4/h2-3H,1H2. The second-order valence-corrected chi connectivity index (χ2v) is 1.59. The molecule has 0 bridgehead atoms. The molecule has 0 fully saturated rings. The van der Waals surface area contributed by atoms with E-state index in [1.807, 2.05) is 0 Å². The van der Waals surface area contributed by atoms with Crippen molar-refractivity contribution in [2.45, 2.75) is 0 Å². The molecule has 0 amide bonds. The monoisotopic (exact) mass is 112 g/mol. The molecule has 0 atom stereocenters. The summed E-state index contributed by atoms with van der Waals surface area (Å²) in [6.45, 7) is 3.51. The topological polar surface area (TPSA) is 25.8 Å². The first-order valence-corrected chi connectivity index (χ1v) is 2.56. The van der Waals surface area contributed by atoms with E-state index in [1.54, 1.807) is 12.3 Å². The molecule has 36 valence electrons. The van der Waals surface area contributed by atoms with E-state index < -0.39 is 0 Å². The highest BCUT2D eigenvalue weighted by Gasteiger charge is 1.82. The van der Waals surface area contributed by atoms with Crippen molar-refractivity contribution in [3.05, 3.63) is 18.5 Å². The molecule has 0 aliphatic rings. The van der Waals surface area contributed by atoms with Crippen LogP contribution in [0.25, 0.3) is 6.08 Å². The average Bonchev–Trinajstić information content (AvgIpc) is 2.14. The van der Waals surface area contributed by atoms with Crippen molar-refractivity contribution in [3.63, 3.8) is 0 Å². The minimum absolute atomic E-state index is 0.852. The summed E-state index contributed by atoms with van der Waals surface area (Å²) in [5, 5.41) is 0. The van der Waals surface area contributed by atoms with Crippen molar-refractivity contribution < 1.29 is 0 Å². The summed E-state index contributed by atoms with van der Waals surface area (Å²) < 4.78 is 7.60. The van der Waals surface area contributed by atoms with E-state index in [-0.39, 0.29) is 0 Å². The number of hydrogen-bond donors (Lipinski definition) is 0. The van der Waals surface area contributed by atoms with Crippen LogP contribution < -0.4 is 0 Å². The third kappa shape index (κ3) is 0.838. The minimum atomic E-state index is 0.852. The quantitative estimate of drug-likeness (QED) is 0.545. The second kappa shape index (κ2) is 1.84. The molecule has 0 spiro atoms. The molecule has 0 aromatic carbocycles. The number of hydrogen-bond acceptors (Lipinski definition) is 3. The van der Waals surface area contributed by atoms with Gasteiger partial charge in [0.1, 0.15) is 0 Å². The van der Waals surface area contributed by atoms with Gasteiger partial charge in [-0.2, -0.15) is 8.75 Å². The van der Waals surface area contributed by atoms with E-state index in [1.165, 1.54) is 11.7 Å². The Bertz CT molecular complexity index is 145. The molecule has 1 aromatic rings. The summed E-state index contributed by atoms with van der Waals surface area (Å²) >= 11 is 1.19. The molecular weight excluding hydrogens is 108 g/mol. The number of nitrogens with zero attached hydrogens (tertiary/aromatic N) is 2. The first-order chi connectivity index (χ1) is 3.43. The van der Waals surface area contributed by atoms with Gasteiger partial charge >= 0.3 is 0 Å². The lowest BCUT2D eigenvalue weighted by Gasteiger charge is -1.67. The van der Waals surface area contributed by atoms with Crippen molar-refractivity contribution in [3.8, 4) is 0 Å². The minimum Gasteiger partial charge on any atom is -0.181 e. The lowest BCUT2D eigenvalue weighted by Crippen LogP contribution is -1.60. The Morgan fingerprint density at radius 1 is 1.86 bits per heavy atom.